The van der Waals surface area contributed by atoms with Crippen LogP contribution in [0.4, 0.5) is 8.78 Å². The Bertz CT molecular complexity index is 388. The number of hydrogen-bond acceptors (Lipinski definition) is 2. The van der Waals surface area contributed by atoms with Crippen molar-refractivity contribution in [3.05, 3.63) is 28.0 Å². The second kappa shape index (κ2) is 4.54. The predicted octanol–water partition coefficient (Wildman–Crippen LogP) is 3.28. The molecule has 0 aromatic carbocycles. The van der Waals surface area contributed by atoms with E-state index in [2.05, 4.69) is 4.98 Å². The van der Waals surface area contributed by atoms with Crippen LogP contribution in [0.25, 0.3) is 0 Å². The van der Waals surface area contributed by atoms with E-state index in [4.69, 9.17) is 28.5 Å². The molecule has 0 amide bonds. The first-order valence-corrected chi connectivity index (χ1v) is 4.45. The SMILES string of the molecule is N#Cc1c(CCl)cc(C(F)F)nc1Cl. The Morgan fingerprint density at radius 3 is 2.64 bits per heavy atom. The summed E-state index contributed by atoms with van der Waals surface area (Å²) in [5.41, 5.74) is -0.153. The van der Waals surface area contributed by atoms with E-state index in [9.17, 15) is 8.78 Å². The third kappa shape index (κ3) is 2.11. The average Bonchev–Trinajstić information content (AvgIpc) is 2.16. The smallest absolute Gasteiger partial charge is 0.234 e. The highest BCUT2D eigenvalue weighted by Crippen LogP contribution is 2.25. The molecule has 1 aromatic rings. The Kier molecular flexibility index (Phi) is 3.62. The predicted molar refractivity (Wildman–Crippen MR) is 48.5 cm³/mol. The van der Waals surface area contributed by atoms with Crippen LogP contribution in [-0.2, 0) is 5.88 Å². The third-order valence-corrected chi connectivity index (χ3v) is 2.12. The Morgan fingerprint density at radius 2 is 2.21 bits per heavy atom. The summed E-state index contributed by atoms with van der Waals surface area (Å²) in [6.45, 7) is 0. The number of aromatic nitrogens is 1. The van der Waals surface area contributed by atoms with Gasteiger partial charge >= 0.3 is 0 Å². The van der Waals surface area contributed by atoms with Crippen molar-refractivity contribution in [1.82, 2.24) is 4.98 Å². The molecule has 2 nitrogen and oxygen atoms in total. The lowest BCUT2D eigenvalue weighted by atomic mass is 10.1. The molecule has 0 saturated carbocycles. The van der Waals surface area contributed by atoms with Crippen molar-refractivity contribution in [2.24, 2.45) is 0 Å². The van der Waals surface area contributed by atoms with Crippen LogP contribution < -0.4 is 0 Å². The van der Waals surface area contributed by atoms with Gasteiger partial charge < -0.3 is 0 Å². The Hall–Kier alpha value is -0.920. The summed E-state index contributed by atoms with van der Waals surface area (Å²) in [5.74, 6) is -0.0507. The average molecular weight is 237 g/mol. The molecule has 0 aliphatic carbocycles. The molecule has 0 unspecified atom stereocenters. The van der Waals surface area contributed by atoms with E-state index in [0.717, 1.165) is 6.07 Å². The summed E-state index contributed by atoms with van der Waals surface area (Å²) in [5, 5.41) is 8.40. The summed E-state index contributed by atoms with van der Waals surface area (Å²) in [4.78, 5) is 3.39. The molecular formula is C8H4Cl2F2N2. The summed E-state index contributed by atoms with van der Waals surface area (Å²) in [6.07, 6.45) is -2.72. The fourth-order valence-corrected chi connectivity index (χ4v) is 1.39. The quantitative estimate of drug-likeness (QED) is 0.584. The zero-order valence-electron chi connectivity index (χ0n) is 6.77. The zero-order valence-corrected chi connectivity index (χ0v) is 8.28. The first kappa shape index (κ1) is 11.2. The van der Waals surface area contributed by atoms with Gasteiger partial charge in [-0.3, -0.25) is 0 Å². The molecule has 1 heterocycles. The van der Waals surface area contributed by atoms with E-state index in [-0.39, 0.29) is 22.2 Å². The fourth-order valence-electron chi connectivity index (χ4n) is 0.920. The summed E-state index contributed by atoms with van der Waals surface area (Å²) < 4.78 is 24.5. The van der Waals surface area contributed by atoms with Crippen LogP contribution in [0.5, 0.6) is 0 Å². The van der Waals surface area contributed by atoms with E-state index in [1.165, 1.54) is 0 Å². The fraction of sp³-hybridized carbons (Fsp3) is 0.250. The van der Waals surface area contributed by atoms with Crippen LogP contribution in [0, 0.1) is 11.3 Å². The first-order valence-electron chi connectivity index (χ1n) is 3.53. The molecule has 0 aliphatic heterocycles. The number of rotatable bonds is 2. The highest BCUT2D eigenvalue weighted by atomic mass is 35.5. The Balaban J connectivity index is 3.33. The number of hydrogen-bond donors (Lipinski definition) is 0. The molecule has 0 atom stereocenters. The van der Waals surface area contributed by atoms with E-state index in [1.54, 1.807) is 6.07 Å². The maximum Gasteiger partial charge on any atom is 0.280 e. The molecule has 74 valence electrons. The van der Waals surface area contributed by atoms with Crippen molar-refractivity contribution in [3.8, 4) is 6.07 Å². The third-order valence-electron chi connectivity index (χ3n) is 1.56. The van der Waals surface area contributed by atoms with Crippen LogP contribution in [0.2, 0.25) is 5.15 Å². The van der Waals surface area contributed by atoms with Crippen molar-refractivity contribution in [2.45, 2.75) is 12.3 Å². The highest BCUT2D eigenvalue weighted by molar-refractivity contribution is 6.30. The molecular weight excluding hydrogens is 233 g/mol. The van der Waals surface area contributed by atoms with Crippen LogP contribution >= 0.6 is 23.2 Å². The monoisotopic (exact) mass is 236 g/mol. The number of nitrogens with zero attached hydrogens (tertiary/aromatic N) is 2. The minimum atomic E-state index is -2.72. The molecule has 14 heavy (non-hydrogen) atoms. The Labute approximate surface area is 89.1 Å². The minimum absolute atomic E-state index is 0.0473. The van der Waals surface area contributed by atoms with Crippen molar-refractivity contribution in [2.75, 3.05) is 0 Å². The Morgan fingerprint density at radius 1 is 1.57 bits per heavy atom. The van der Waals surface area contributed by atoms with Gasteiger partial charge in [0.15, 0.2) is 0 Å². The molecule has 1 rings (SSSR count). The maximum absolute atomic E-state index is 12.3. The maximum atomic E-state index is 12.3. The van der Waals surface area contributed by atoms with Gasteiger partial charge in [0.1, 0.15) is 16.9 Å². The standard InChI is InChI=1S/C8H4Cl2F2N2/c9-2-4-1-6(8(11)12)14-7(10)5(4)3-13/h1,8H,2H2. The van der Waals surface area contributed by atoms with Gasteiger partial charge in [-0.1, -0.05) is 11.6 Å². The van der Waals surface area contributed by atoms with Crippen LogP contribution in [-0.4, -0.2) is 4.98 Å². The number of halogens is 4. The first-order chi connectivity index (χ1) is 6.60. The van der Waals surface area contributed by atoms with E-state index < -0.39 is 12.1 Å². The second-order valence-electron chi connectivity index (χ2n) is 2.42. The van der Waals surface area contributed by atoms with Gasteiger partial charge in [-0.2, -0.15) is 5.26 Å². The van der Waals surface area contributed by atoms with Crippen molar-refractivity contribution >= 4 is 23.2 Å². The van der Waals surface area contributed by atoms with Crippen molar-refractivity contribution in [3.63, 3.8) is 0 Å². The number of pyridine rings is 1. The minimum Gasteiger partial charge on any atom is -0.234 e. The van der Waals surface area contributed by atoms with Gasteiger partial charge in [0.2, 0.25) is 0 Å². The van der Waals surface area contributed by atoms with Gasteiger partial charge in [-0.25, -0.2) is 13.8 Å². The number of nitriles is 1. The van der Waals surface area contributed by atoms with Gasteiger partial charge in [0, 0.05) is 5.88 Å². The molecule has 0 fully saturated rings. The van der Waals surface area contributed by atoms with Gasteiger partial charge in [0.05, 0.1) is 5.56 Å². The molecule has 0 saturated heterocycles. The second-order valence-corrected chi connectivity index (χ2v) is 3.04. The summed E-state index contributed by atoms with van der Waals surface area (Å²) in [7, 11) is 0. The molecule has 0 aliphatic rings. The van der Waals surface area contributed by atoms with Gasteiger partial charge in [-0.05, 0) is 11.6 Å². The largest absolute Gasteiger partial charge is 0.280 e. The molecule has 0 bridgehead atoms. The highest BCUT2D eigenvalue weighted by Gasteiger charge is 2.15. The zero-order chi connectivity index (χ0) is 10.7. The topological polar surface area (TPSA) is 36.7 Å². The van der Waals surface area contributed by atoms with E-state index in [0.29, 0.717) is 0 Å². The van der Waals surface area contributed by atoms with E-state index >= 15 is 0 Å². The molecule has 0 N–H and O–H groups in total. The van der Waals surface area contributed by atoms with Crippen molar-refractivity contribution < 1.29 is 8.78 Å². The lowest BCUT2D eigenvalue weighted by Crippen LogP contribution is -1.97. The summed E-state index contributed by atoms with van der Waals surface area (Å²) >= 11 is 11.0. The van der Waals surface area contributed by atoms with Crippen molar-refractivity contribution in [1.29, 1.82) is 5.26 Å². The molecule has 1 aromatic heterocycles. The van der Waals surface area contributed by atoms with Crippen LogP contribution in [0.15, 0.2) is 6.07 Å². The van der Waals surface area contributed by atoms with Gasteiger partial charge in [0.25, 0.3) is 6.43 Å². The van der Waals surface area contributed by atoms with E-state index in [1.807, 2.05) is 0 Å². The lowest BCUT2D eigenvalue weighted by Gasteiger charge is -2.05. The molecule has 6 heteroatoms. The van der Waals surface area contributed by atoms with Gasteiger partial charge in [-0.15, -0.1) is 11.6 Å². The lowest BCUT2D eigenvalue weighted by molar-refractivity contribution is 0.146. The molecule has 0 spiro atoms. The molecule has 0 radical (unpaired) electrons. The number of alkyl halides is 3. The normalized spacial score (nSPS) is 10.3. The van der Waals surface area contributed by atoms with Crippen LogP contribution in [0.1, 0.15) is 23.2 Å². The summed E-state index contributed by atoms with van der Waals surface area (Å²) in [6, 6.07) is 2.84. The van der Waals surface area contributed by atoms with Crippen LogP contribution in [0.3, 0.4) is 0 Å².